The zero-order valence-corrected chi connectivity index (χ0v) is 10.9. The minimum absolute atomic E-state index is 0.0970. The van der Waals surface area contributed by atoms with Gasteiger partial charge in [-0.1, -0.05) is 12.1 Å². The van der Waals surface area contributed by atoms with Crippen molar-refractivity contribution in [1.82, 2.24) is 9.97 Å². The van der Waals surface area contributed by atoms with Crippen molar-refractivity contribution in [2.24, 2.45) is 0 Å². The van der Waals surface area contributed by atoms with Crippen molar-refractivity contribution in [2.75, 3.05) is 0 Å². The standard InChI is InChI=1S/C16H12N2O3/c19-12-5-3-10(4-6-12)14(16(20)21)8-11-9-18-15-13(11)2-1-7-17-15/h1-9,19H,(H,17,18)(H,20,21)/b14-8-. The number of hydrogen-bond donors (Lipinski definition) is 3. The van der Waals surface area contributed by atoms with Gasteiger partial charge in [0, 0.05) is 23.3 Å². The predicted octanol–water partition coefficient (Wildman–Crippen LogP) is 2.89. The maximum Gasteiger partial charge on any atom is 0.336 e. The molecule has 0 amide bonds. The maximum atomic E-state index is 11.5. The fourth-order valence-corrected chi connectivity index (χ4v) is 2.16. The van der Waals surface area contributed by atoms with Crippen molar-refractivity contribution >= 4 is 28.7 Å². The van der Waals surface area contributed by atoms with E-state index in [1.54, 1.807) is 36.7 Å². The Hall–Kier alpha value is -3.08. The molecule has 0 aliphatic rings. The van der Waals surface area contributed by atoms with Crippen LogP contribution in [0.2, 0.25) is 0 Å². The molecule has 5 nitrogen and oxygen atoms in total. The number of pyridine rings is 1. The van der Waals surface area contributed by atoms with E-state index in [1.165, 1.54) is 12.1 Å². The lowest BCUT2D eigenvalue weighted by atomic mass is 10.0. The summed E-state index contributed by atoms with van der Waals surface area (Å²) in [5.41, 5.74) is 2.14. The molecule has 0 aliphatic heterocycles. The van der Waals surface area contributed by atoms with E-state index in [9.17, 15) is 15.0 Å². The third-order valence-electron chi connectivity index (χ3n) is 3.19. The van der Waals surface area contributed by atoms with E-state index < -0.39 is 5.97 Å². The molecule has 0 spiro atoms. The highest BCUT2D eigenvalue weighted by Crippen LogP contribution is 2.24. The number of phenols is 1. The summed E-state index contributed by atoms with van der Waals surface area (Å²) in [5.74, 6) is -0.932. The first-order valence-corrected chi connectivity index (χ1v) is 6.31. The molecule has 0 radical (unpaired) electrons. The van der Waals surface area contributed by atoms with Crippen LogP contribution in [0.4, 0.5) is 0 Å². The Morgan fingerprint density at radius 1 is 1.19 bits per heavy atom. The van der Waals surface area contributed by atoms with Crippen molar-refractivity contribution in [1.29, 1.82) is 0 Å². The average Bonchev–Trinajstić information content (AvgIpc) is 2.89. The summed E-state index contributed by atoms with van der Waals surface area (Å²) >= 11 is 0. The number of nitrogens with zero attached hydrogens (tertiary/aromatic N) is 1. The Morgan fingerprint density at radius 2 is 1.95 bits per heavy atom. The van der Waals surface area contributed by atoms with Crippen molar-refractivity contribution in [2.45, 2.75) is 0 Å². The minimum atomic E-state index is -1.03. The van der Waals surface area contributed by atoms with Gasteiger partial charge in [-0.05, 0) is 35.9 Å². The van der Waals surface area contributed by atoms with Gasteiger partial charge in [-0.25, -0.2) is 9.78 Å². The van der Waals surface area contributed by atoms with Crippen molar-refractivity contribution in [3.05, 3.63) is 59.9 Å². The first-order chi connectivity index (χ1) is 10.1. The van der Waals surface area contributed by atoms with E-state index in [2.05, 4.69) is 9.97 Å². The van der Waals surface area contributed by atoms with Crippen LogP contribution in [0.15, 0.2) is 48.8 Å². The monoisotopic (exact) mass is 280 g/mol. The Labute approximate surface area is 120 Å². The van der Waals surface area contributed by atoms with Gasteiger partial charge in [-0.15, -0.1) is 0 Å². The molecule has 0 aliphatic carbocycles. The Balaban J connectivity index is 2.13. The van der Waals surface area contributed by atoms with Crippen molar-refractivity contribution in [3.8, 4) is 5.75 Å². The summed E-state index contributed by atoms with van der Waals surface area (Å²) in [6.07, 6.45) is 4.99. The number of carbonyl (C=O) groups is 1. The highest BCUT2D eigenvalue weighted by molar-refractivity contribution is 6.21. The Bertz CT molecular complexity index is 832. The summed E-state index contributed by atoms with van der Waals surface area (Å²) in [5, 5.41) is 19.6. The third-order valence-corrected chi connectivity index (χ3v) is 3.19. The van der Waals surface area contributed by atoms with Crippen LogP contribution in [0.3, 0.4) is 0 Å². The lowest BCUT2D eigenvalue weighted by Crippen LogP contribution is -1.99. The summed E-state index contributed by atoms with van der Waals surface area (Å²) < 4.78 is 0. The number of aromatic amines is 1. The second-order valence-electron chi connectivity index (χ2n) is 4.55. The molecule has 0 fully saturated rings. The summed E-state index contributed by atoms with van der Waals surface area (Å²) in [6, 6.07) is 9.74. The largest absolute Gasteiger partial charge is 0.508 e. The van der Waals surface area contributed by atoms with Gasteiger partial charge < -0.3 is 15.2 Å². The van der Waals surface area contributed by atoms with E-state index in [4.69, 9.17) is 0 Å². The number of H-pyrrole nitrogens is 1. The molecule has 0 saturated carbocycles. The number of aromatic hydroxyl groups is 1. The van der Waals surface area contributed by atoms with Gasteiger partial charge in [0.1, 0.15) is 11.4 Å². The number of phenolic OH excluding ortho intramolecular Hbond substituents is 1. The average molecular weight is 280 g/mol. The summed E-state index contributed by atoms with van der Waals surface area (Å²) in [4.78, 5) is 18.7. The SMILES string of the molecule is O=C(O)/C(=C\c1c[nH]c2ncccc12)c1ccc(O)cc1. The smallest absolute Gasteiger partial charge is 0.336 e. The second kappa shape index (κ2) is 5.13. The van der Waals surface area contributed by atoms with Crippen LogP contribution in [0.5, 0.6) is 5.75 Å². The number of aromatic nitrogens is 2. The van der Waals surface area contributed by atoms with Gasteiger partial charge >= 0.3 is 5.97 Å². The normalized spacial score (nSPS) is 11.7. The third kappa shape index (κ3) is 2.49. The van der Waals surface area contributed by atoms with E-state index >= 15 is 0 Å². The van der Waals surface area contributed by atoms with Gasteiger partial charge in [0.2, 0.25) is 0 Å². The van der Waals surface area contributed by atoms with Crippen LogP contribution in [0, 0.1) is 0 Å². The van der Waals surface area contributed by atoms with E-state index in [0.29, 0.717) is 11.2 Å². The molecule has 1 aromatic carbocycles. The number of rotatable bonds is 3. The number of nitrogens with one attached hydrogen (secondary N) is 1. The summed E-state index contributed by atoms with van der Waals surface area (Å²) in [6.45, 7) is 0. The molecule has 5 heteroatoms. The Morgan fingerprint density at radius 3 is 2.67 bits per heavy atom. The van der Waals surface area contributed by atoms with Crippen molar-refractivity contribution in [3.63, 3.8) is 0 Å². The maximum absolute atomic E-state index is 11.5. The number of fused-ring (bicyclic) bond motifs is 1. The number of hydrogen-bond acceptors (Lipinski definition) is 3. The lowest BCUT2D eigenvalue weighted by Gasteiger charge is -2.03. The van der Waals surface area contributed by atoms with Crippen LogP contribution in [0.25, 0.3) is 22.7 Å². The highest BCUT2D eigenvalue weighted by atomic mass is 16.4. The quantitative estimate of drug-likeness (QED) is 0.644. The minimum Gasteiger partial charge on any atom is -0.508 e. The number of carboxylic acid groups (broad SMARTS) is 1. The van der Waals surface area contributed by atoms with Crippen LogP contribution in [-0.4, -0.2) is 26.2 Å². The van der Waals surface area contributed by atoms with Crippen LogP contribution >= 0.6 is 0 Å². The zero-order valence-electron chi connectivity index (χ0n) is 10.9. The molecule has 2 heterocycles. The molecule has 0 bridgehead atoms. The molecule has 2 aromatic heterocycles. The van der Waals surface area contributed by atoms with Gasteiger partial charge in [0.05, 0.1) is 5.57 Å². The first kappa shape index (κ1) is 12.9. The van der Waals surface area contributed by atoms with E-state index in [-0.39, 0.29) is 11.3 Å². The molecule has 21 heavy (non-hydrogen) atoms. The molecule has 0 unspecified atom stereocenters. The molecule has 3 rings (SSSR count). The van der Waals surface area contributed by atoms with Crippen LogP contribution in [-0.2, 0) is 4.79 Å². The first-order valence-electron chi connectivity index (χ1n) is 6.31. The molecular weight excluding hydrogens is 268 g/mol. The number of carboxylic acids is 1. The lowest BCUT2D eigenvalue weighted by molar-refractivity contribution is -0.130. The van der Waals surface area contributed by atoms with Gasteiger partial charge in [0.15, 0.2) is 0 Å². The van der Waals surface area contributed by atoms with Crippen LogP contribution in [0.1, 0.15) is 11.1 Å². The van der Waals surface area contributed by atoms with Gasteiger partial charge in [0.25, 0.3) is 0 Å². The molecule has 3 N–H and O–H groups in total. The zero-order chi connectivity index (χ0) is 14.8. The molecule has 104 valence electrons. The molecule has 0 saturated heterocycles. The Kier molecular flexibility index (Phi) is 3.16. The summed E-state index contributed by atoms with van der Waals surface area (Å²) in [7, 11) is 0. The predicted molar refractivity (Wildman–Crippen MR) is 79.7 cm³/mol. The van der Waals surface area contributed by atoms with Crippen LogP contribution < -0.4 is 0 Å². The molecular formula is C16H12N2O3. The van der Waals surface area contributed by atoms with Crippen molar-refractivity contribution < 1.29 is 15.0 Å². The van der Waals surface area contributed by atoms with E-state index in [0.717, 1.165) is 10.9 Å². The second-order valence-corrected chi connectivity index (χ2v) is 4.55. The molecule has 0 atom stereocenters. The van der Waals surface area contributed by atoms with Gasteiger partial charge in [-0.3, -0.25) is 0 Å². The van der Waals surface area contributed by atoms with E-state index in [1.807, 2.05) is 6.07 Å². The number of benzene rings is 1. The molecule has 3 aromatic rings. The number of aliphatic carboxylic acids is 1. The fraction of sp³-hybridized carbons (Fsp3) is 0. The highest BCUT2D eigenvalue weighted by Gasteiger charge is 2.12. The van der Waals surface area contributed by atoms with Gasteiger partial charge in [-0.2, -0.15) is 0 Å². The fourth-order valence-electron chi connectivity index (χ4n) is 2.16. The topological polar surface area (TPSA) is 86.2 Å².